The maximum absolute atomic E-state index is 3.69. The van der Waals surface area contributed by atoms with Gasteiger partial charge in [0, 0.05) is 0 Å². The highest BCUT2D eigenvalue weighted by Gasteiger charge is 2.18. The SMILES string of the molecule is c1ccc(CCCNCC2CCN(CCCc3ccccc3)CC2)cc1. The summed E-state index contributed by atoms with van der Waals surface area (Å²) >= 11 is 0. The molecule has 3 rings (SSSR count). The molecule has 0 atom stereocenters. The first-order chi connectivity index (χ1) is 12.9. The lowest BCUT2D eigenvalue weighted by molar-refractivity contribution is 0.181. The fourth-order valence-electron chi connectivity index (χ4n) is 3.93. The highest BCUT2D eigenvalue weighted by atomic mass is 15.1. The van der Waals surface area contributed by atoms with Crippen molar-refractivity contribution in [3.05, 3.63) is 71.8 Å². The van der Waals surface area contributed by atoms with Crippen LogP contribution in [-0.4, -0.2) is 37.6 Å². The zero-order valence-corrected chi connectivity index (χ0v) is 16.1. The maximum Gasteiger partial charge on any atom is -0.00156 e. The van der Waals surface area contributed by atoms with Crippen LogP contribution < -0.4 is 5.32 Å². The van der Waals surface area contributed by atoms with Crippen molar-refractivity contribution < 1.29 is 0 Å². The number of likely N-dealkylation sites (tertiary alicyclic amines) is 1. The minimum atomic E-state index is 0.872. The van der Waals surface area contributed by atoms with Gasteiger partial charge in [0.2, 0.25) is 0 Å². The first-order valence-corrected chi connectivity index (χ1v) is 10.4. The Morgan fingerprint density at radius 1 is 0.769 bits per heavy atom. The summed E-state index contributed by atoms with van der Waals surface area (Å²) < 4.78 is 0. The highest BCUT2D eigenvalue weighted by Crippen LogP contribution is 2.17. The summed E-state index contributed by atoms with van der Waals surface area (Å²) in [4.78, 5) is 2.66. The summed E-state index contributed by atoms with van der Waals surface area (Å²) in [6, 6.07) is 21.7. The van der Waals surface area contributed by atoms with Gasteiger partial charge in [0.15, 0.2) is 0 Å². The number of nitrogens with zero attached hydrogens (tertiary/aromatic N) is 1. The van der Waals surface area contributed by atoms with E-state index >= 15 is 0 Å². The Morgan fingerprint density at radius 3 is 1.96 bits per heavy atom. The molecule has 1 aliphatic heterocycles. The summed E-state index contributed by atoms with van der Waals surface area (Å²) in [6.07, 6.45) is 7.64. The largest absolute Gasteiger partial charge is 0.316 e. The van der Waals surface area contributed by atoms with E-state index < -0.39 is 0 Å². The van der Waals surface area contributed by atoms with E-state index in [0.29, 0.717) is 0 Å². The lowest BCUT2D eigenvalue weighted by Crippen LogP contribution is -2.38. The van der Waals surface area contributed by atoms with Crippen LogP contribution in [0.3, 0.4) is 0 Å². The Balaban J connectivity index is 1.20. The first-order valence-electron chi connectivity index (χ1n) is 10.4. The third-order valence-corrected chi connectivity index (χ3v) is 5.58. The zero-order valence-electron chi connectivity index (χ0n) is 16.1. The van der Waals surface area contributed by atoms with Crippen molar-refractivity contribution in [2.75, 3.05) is 32.7 Å². The molecule has 0 amide bonds. The predicted octanol–water partition coefficient (Wildman–Crippen LogP) is 4.55. The number of hydrogen-bond acceptors (Lipinski definition) is 2. The molecule has 1 N–H and O–H groups in total. The Hall–Kier alpha value is -1.64. The molecule has 1 aliphatic rings. The van der Waals surface area contributed by atoms with Gasteiger partial charge in [0.25, 0.3) is 0 Å². The first kappa shape index (κ1) is 19.1. The van der Waals surface area contributed by atoms with Gasteiger partial charge in [-0.3, -0.25) is 0 Å². The van der Waals surface area contributed by atoms with Crippen LogP contribution in [0.4, 0.5) is 0 Å². The molecule has 140 valence electrons. The van der Waals surface area contributed by atoms with Crippen molar-refractivity contribution >= 4 is 0 Å². The average Bonchev–Trinajstić information content (AvgIpc) is 2.70. The molecule has 2 aromatic rings. The molecule has 0 spiro atoms. The minimum Gasteiger partial charge on any atom is -0.316 e. The van der Waals surface area contributed by atoms with Crippen LogP contribution in [0.5, 0.6) is 0 Å². The lowest BCUT2D eigenvalue weighted by Gasteiger charge is -2.32. The van der Waals surface area contributed by atoms with Gasteiger partial charge in [0.05, 0.1) is 0 Å². The van der Waals surface area contributed by atoms with Crippen molar-refractivity contribution in [2.24, 2.45) is 5.92 Å². The van der Waals surface area contributed by atoms with Crippen molar-refractivity contribution in [3.63, 3.8) is 0 Å². The van der Waals surface area contributed by atoms with Crippen molar-refractivity contribution in [1.29, 1.82) is 0 Å². The second-order valence-corrected chi connectivity index (χ2v) is 7.67. The molecule has 0 aliphatic carbocycles. The molecule has 2 nitrogen and oxygen atoms in total. The topological polar surface area (TPSA) is 15.3 Å². The number of nitrogens with one attached hydrogen (secondary N) is 1. The number of benzene rings is 2. The zero-order chi connectivity index (χ0) is 17.9. The number of piperidine rings is 1. The van der Waals surface area contributed by atoms with Crippen LogP contribution in [0.2, 0.25) is 0 Å². The normalized spacial score (nSPS) is 16.0. The molecule has 0 aromatic heterocycles. The third kappa shape index (κ3) is 6.93. The van der Waals surface area contributed by atoms with E-state index in [-0.39, 0.29) is 0 Å². The second-order valence-electron chi connectivity index (χ2n) is 7.67. The molecule has 0 bridgehead atoms. The summed E-state index contributed by atoms with van der Waals surface area (Å²) in [7, 11) is 0. The lowest BCUT2D eigenvalue weighted by atomic mass is 9.96. The fraction of sp³-hybridized carbons (Fsp3) is 0.500. The molecule has 0 saturated carbocycles. The van der Waals surface area contributed by atoms with Gasteiger partial charge in [-0.15, -0.1) is 0 Å². The van der Waals surface area contributed by atoms with Gasteiger partial charge in [-0.25, -0.2) is 0 Å². The van der Waals surface area contributed by atoms with Gasteiger partial charge in [-0.05, 0) is 88.3 Å². The van der Waals surface area contributed by atoms with Gasteiger partial charge in [0.1, 0.15) is 0 Å². The monoisotopic (exact) mass is 350 g/mol. The summed E-state index contributed by atoms with van der Waals surface area (Å²) in [5.41, 5.74) is 2.93. The molecular formula is C24H34N2. The Labute approximate surface area is 159 Å². The number of hydrogen-bond donors (Lipinski definition) is 1. The van der Waals surface area contributed by atoms with Crippen LogP contribution in [-0.2, 0) is 12.8 Å². The molecule has 1 fully saturated rings. The molecule has 1 heterocycles. The molecule has 26 heavy (non-hydrogen) atoms. The number of aryl methyl sites for hydroxylation is 2. The quantitative estimate of drug-likeness (QED) is 0.632. The Bertz CT molecular complexity index is 588. The second kappa shape index (κ2) is 11.2. The van der Waals surface area contributed by atoms with Crippen LogP contribution in [0.1, 0.15) is 36.8 Å². The van der Waals surface area contributed by atoms with Crippen molar-refractivity contribution in [1.82, 2.24) is 10.2 Å². The van der Waals surface area contributed by atoms with E-state index in [9.17, 15) is 0 Å². The molecule has 2 aromatic carbocycles. The summed E-state index contributed by atoms with van der Waals surface area (Å²) in [5.74, 6) is 0.872. The standard InChI is InChI=1S/C24H34N2/c1-3-9-22(10-4-1)13-7-17-25-21-24-15-19-26(20-16-24)18-8-14-23-11-5-2-6-12-23/h1-6,9-12,24-25H,7-8,13-21H2. The van der Waals surface area contributed by atoms with Crippen LogP contribution >= 0.6 is 0 Å². The predicted molar refractivity (Wildman–Crippen MR) is 112 cm³/mol. The van der Waals surface area contributed by atoms with Crippen LogP contribution in [0, 0.1) is 5.92 Å². The van der Waals surface area contributed by atoms with E-state index in [0.717, 1.165) is 12.5 Å². The highest BCUT2D eigenvalue weighted by molar-refractivity contribution is 5.15. The molecule has 1 saturated heterocycles. The molecule has 0 radical (unpaired) electrons. The van der Waals surface area contributed by atoms with E-state index in [2.05, 4.69) is 70.9 Å². The van der Waals surface area contributed by atoms with Gasteiger partial charge >= 0.3 is 0 Å². The van der Waals surface area contributed by atoms with Crippen LogP contribution in [0.15, 0.2) is 60.7 Å². The van der Waals surface area contributed by atoms with E-state index in [1.807, 2.05) is 0 Å². The Kier molecular flexibility index (Phi) is 8.21. The van der Waals surface area contributed by atoms with Crippen molar-refractivity contribution in [3.8, 4) is 0 Å². The Morgan fingerprint density at radius 2 is 1.35 bits per heavy atom. The number of rotatable bonds is 10. The minimum absolute atomic E-state index is 0.872. The van der Waals surface area contributed by atoms with Crippen molar-refractivity contribution in [2.45, 2.75) is 38.5 Å². The average molecular weight is 351 g/mol. The van der Waals surface area contributed by atoms with E-state index in [1.54, 1.807) is 0 Å². The molecular weight excluding hydrogens is 316 g/mol. The van der Waals surface area contributed by atoms with Gasteiger partial charge in [-0.2, -0.15) is 0 Å². The molecule has 2 heteroatoms. The summed E-state index contributed by atoms with van der Waals surface area (Å²) in [6.45, 7) is 6.17. The molecule has 0 unspecified atom stereocenters. The van der Waals surface area contributed by atoms with Gasteiger partial charge in [-0.1, -0.05) is 60.7 Å². The van der Waals surface area contributed by atoms with Gasteiger partial charge < -0.3 is 10.2 Å². The maximum atomic E-state index is 3.69. The van der Waals surface area contributed by atoms with E-state index in [1.165, 1.54) is 75.8 Å². The van der Waals surface area contributed by atoms with E-state index in [4.69, 9.17) is 0 Å². The van der Waals surface area contributed by atoms with Crippen LogP contribution in [0.25, 0.3) is 0 Å². The smallest absolute Gasteiger partial charge is 0.00156 e. The fourth-order valence-corrected chi connectivity index (χ4v) is 3.93. The summed E-state index contributed by atoms with van der Waals surface area (Å²) in [5, 5.41) is 3.69. The third-order valence-electron chi connectivity index (χ3n) is 5.58.